The van der Waals surface area contributed by atoms with Gasteiger partial charge in [0.05, 0.1) is 23.8 Å². The molecule has 1 heterocycles. The lowest BCUT2D eigenvalue weighted by atomic mass is 10.1. The van der Waals surface area contributed by atoms with Gasteiger partial charge in [-0.3, -0.25) is 10.1 Å². The molecule has 0 fully saturated rings. The number of non-ortho nitro benzene ring substituents is 1. The highest BCUT2D eigenvalue weighted by Gasteiger charge is 2.15. The van der Waals surface area contributed by atoms with E-state index in [0.29, 0.717) is 22.3 Å². The van der Waals surface area contributed by atoms with Crippen LogP contribution < -0.4 is 4.74 Å². The van der Waals surface area contributed by atoms with Crippen LogP contribution in [0.1, 0.15) is 19.5 Å². The summed E-state index contributed by atoms with van der Waals surface area (Å²) in [6, 6.07) is 6.77. The third kappa shape index (κ3) is 2.70. The zero-order valence-corrected chi connectivity index (χ0v) is 11.0. The minimum atomic E-state index is -0.440. The second kappa shape index (κ2) is 5.06. The van der Waals surface area contributed by atoms with E-state index >= 15 is 0 Å². The summed E-state index contributed by atoms with van der Waals surface area (Å²) in [6.45, 7) is 3.91. The first kappa shape index (κ1) is 13.0. The smallest absolute Gasteiger partial charge is 0.299 e. The second-order valence-electron chi connectivity index (χ2n) is 4.43. The maximum absolute atomic E-state index is 11.1. The van der Waals surface area contributed by atoms with Crippen LogP contribution in [0.3, 0.4) is 0 Å². The Bertz CT molecular complexity index is 674. The molecule has 2 rings (SSSR count). The second-order valence-corrected chi connectivity index (χ2v) is 4.43. The summed E-state index contributed by atoms with van der Waals surface area (Å²) < 4.78 is 5.06. The van der Waals surface area contributed by atoms with Crippen LogP contribution in [-0.2, 0) is 0 Å². The summed E-state index contributed by atoms with van der Waals surface area (Å²) >= 11 is 0. The number of nitrogens with zero attached hydrogens (tertiary/aromatic N) is 2. The van der Waals surface area contributed by atoms with E-state index in [9.17, 15) is 10.1 Å². The first-order chi connectivity index (χ1) is 9.01. The minimum absolute atomic E-state index is 0.0432. The van der Waals surface area contributed by atoms with Gasteiger partial charge in [0.1, 0.15) is 11.3 Å². The Kier molecular flexibility index (Phi) is 3.46. The molecule has 0 N–H and O–H groups in total. The number of hydrogen-bond acceptors (Lipinski definition) is 4. The predicted octanol–water partition coefficient (Wildman–Crippen LogP) is 3.57. The highest BCUT2D eigenvalue weighted by atomic mass is 16.6. The summed E-state index contributed by atoms with van der Waals surface area (Å²) in [4.78, 5) is 15.0. The van der Waals surface area contributed by atoms with E-state index in [2.05, 4.69) is 4.98 Å². The van der Waals surface area contributed by atoms with Crippen molar-refractivity contribution in [1.82, 2.24) is 4.98 Å². The van der Waals surface area contributed by atoms with Crippen molar-refractivity contribution in [3.63, 3.8) is 0 Å². The number of benzene rings is 1. The molecule has 5 heteroatoms. The number of rotatable bonds is 3. The largest absolute Gasteiger partial charge is 0.496 e. The summed E-state index contributed by atoms with van der Waals surface area (Å²) in [5.41, 5.74) is 2.13. The minimum Gasteiger partial charge on any atom is -0.496 e. The lowest BCUT2D eigenvalue weighted by Crippen LogP contribution is -1.95. The molecular formula is C14H14N2O3. The average molecular weight is 258 g/mol. The van der Waals surface area contributed by atoms with Crippen molar-refractivity contribution >= 4 is 22.7 Å². The molecule has 0 amide bonds. The van der Waals surface area contributed by atoms with Crippen molar-refractivity contribution in [3.8, 4) is 5.75 Å². The molecule has 19 heavy (non-hydrogen) atoms. The van der Waals surface area contributed by atoms with Gasteiger partial charge < -0.3 is 4.74 Å². The first-order valence-corrected chi connectivity index (χ1v) is 5.79. The van der Waals surface area contributed by atoms with E-state index in [1.54, 1.807) is 6.07 Å². The van der Waals surface area contributed by atoms with Crippen LogP contribution in [0.15, 0.2) is 29.8 Å². The SMILES string of the molecule is COc1cc([N+](=O)[O-])c2nc(C=C(C)C)ccc2c1. The zero-order chi connectivity index (χ0) is 14.0. The number of hydrogen-bond donors (Lipinski definition) is 0. The van der Waals surface area contributed by atoms with Gasteiger partial charge in [-0.15, -0.1) is 0 Å². The van der Waals surface area contributed by atoms with Crippen LogP contribution in [0.5, 0.6) is 5.75 Å². The fourth-order valence-electron chi connectivity index (χ4n) is 1.84. The van der Waals surface area contributed by atoms with Gasteiger partial charge in [0.15, 0.2) is 0 Å². The summed E-state index contributed by atoms with van der Waals surface area (Å²) in [7, 11) is 1.48. The van der Waals surface area contributed by atoms with Crippen molar-refractivity contribution in [2.75, 3.05) is 7.11 Å². The van der Waals surface area contributed by atoms with Crippen LogP contribution in [0, 0.1) is 10.1 Å². The summed E-state index contributed by atoms with van der Waals surface area (Å²) in [5, 5.41) is 11.8. The lowest BCUT2D eigenvalue weighted by molar-refractivity contribution is -0.383. The Morgan fingerprint density at radius 1 is 1.37 bits per heavy atom. The van der Waals surface area contributed by atoms with Gasteiger partial charge in [-0.1, -0.05) is 11.6 Å². The zero-order valence-electron chi connectivity index (χ0n) is 11.0. The molecule has 0 radical (unpaired) electrons. The maximum Gasteiger partial charge on any atom is 0.299 e. The first-order valence-electron chi connectivity index (χ1n) is 5.79. The van der Waals surface area contributed by atoms with Gasteiger partial charge in [0, 0.05) is 5.39 Å². The summed E-state index contributed by atoms with van der Waals surface area (Å²) in [6.07, 6.45) is 1.88. The molecule has 0 saturated heterocycles. The fraction of sp³-hybridized carbons (Fsp3) is 0.214. The van der Waals surface area contributed by atoms with Crippen molar-refractivity contribution in [1.29, 1.82) is 0 Å². The number of methoxy groups -OCH3 is 1. The standard InChI is InChI=1S/C14H14N2O3/c1-9(2)6-11-5-4-10-7-12(19-3)8-13(16(17)18)14(10)15-11/h4-8H,1-3H3. The molecule has 98 valence electrons. The van der Waals surface area contributed by atoms with Crippen molar-refractivity contribution < 1.29 is 9.66 Å². The third-order valence-corrected chi connectivity index (χ3v) is 2.64. The topological polar surface area (TPSA) is 65.3 Å². The van der Waals surface area contributed by atoms with Crippen LogP contribution in [0.2, 0.25) is 0 Å². The number of pyridine rings is 1. The Hall–Kier alpha value is -2.43. The molecule has 0 spiro atoms. The Morgan fingerprint density at radius 2 is 2.11 bits per heavy atom. The van der Waals surface area contributed by atoms with E-state index < -0.39 is 4.92 Å². The molecule has 0 saturated carbocycles. The Labute approximate surface area is 110 Å². The molecule has 0 bridgehead atoms. The molecular weight excluding hydrogens is 244 g/mol. The van der Waals surface area contributed by atoms with Gasteiger partial charge >= 0.3 is 0 Å². The van der Waals surface area contributed by atoms with E-state index in [4.69, 9.17) is 4.74 Å². The highest BCUT2D eigenvalue weighted by molar-refractivity contribution is 5.89. The van der Waals surface area contributed by atoms with E-state index in [-0.39, 0.29) is 5.69 Å². The third-order valence-electron chi connectivity index (χ3n) is 2.64. The number of ether oxygens (including phenoxy) is 1. The number of allylic oxidation sites excluding steroid dienone is 1. The molecule has 1 aromatic carbocycles. The van der Waals surface area contributed by atoms with Gasteiger partial charge in [0.2, 0.25) is 0 Å². The Morgan fingerprint density at radius 3 is 2.68 bits per heavy atom. The van der Waals surface area contributed by atoms with Crippen LogP contribution in [0.25, 0.3) is 17.0 Å². The molecule has 5 nitrogen and oxygen atoms in total. The maximum atomic E-state index is 11.1. The normalized spacial score (nSPS) is 10.3. The number of nitro groups is 1. The van der Waals surface area contributed by atoms with Crippen LogP contribution in [0.4, 0.5) is 5.69 Å². The van der Waals surface area contributed by atoms with Crippen molar-refractivity contribution in [3.05, 3.63) is 45.6 Å². The predicted molar refractivity (Wildman–Crippen MR) is 74.3 cm³/mol. The molecule has 0 aliphatic carbocycles. The number of nitro benzene ring substituents is 1. The average Bonchev–Trinajstić information content (AvgIpc) is 2.36. The fourth-order valence-corrected chi connectivity index (χ4v) is 1.84. The molecule has 0 unspecified atom stereocenters. The van der Waals surface area contributed by atoms with Gasteiger partial charge in [-0.05, 0) is 32.1 Å². The lowest BCUT2D eigenvalue weighted by Gasteiger charge is -2.04. The van der Waals surface area contributed by atoms with E-state index in [1.807, 2.05) is 32.1 Å². The number of fused-ring (bicyclic) bond motifs is 1. The van der Waals surface area contributed by atoms with Gasteiger partial charge in [-0.25, -0.2) is 4.98 Å². The van der Waals surface area contributed by atoms with Crippen molar-refractivity contribution in [2.24, 2.45) is 0 Å². The highest BCUT2D eigenvalue weighted by Crippen LogP contribution is 2.30. The Balaban J connectivity index is 2.73. The van der Waals surface area contributed by atoms with E-state index in [0.717, 1.165) is 5.57 Å². The molecule has 2 aromatic rings. The number of aromatic nitrogens is 1. The van der Waals surface area contributed by atoms with Crippen LogP contribution in [-0.4, -0.2) is 17.0 Å². The van der Waals surface area contributed by atoms with Gasteiger partial charge in [-0.2, -0.15) is 0 Å². The van der Waals surface area contributed by atoms with E-state index in [1.165, 1.54) is 13.2 Å². The molecule has 0 aliphatic rings. The van der Waals surface area contributed by atoms with Crippen molar-refractivity contribution in [2.45, 2.75) is 13.8 Å². The molecule has 0 atom stereocenters. The monoisotopic (exact) mass is 258 g/mol. The molecule has 1 aromatic heterocycles. The van der Waals surface area contributed by atoms with Gasteiger partial charge in [0.25, 0.3) is 5.69 Å². The molecule has 0 aliphatic heterocycles. The summed E-state index contributed by atoms with van der Waals surface area (Å²) in [5.74, 6) is 0.455. The quantitative estimate of drug-likeness (QED) is 0.623. The van der Waals surface area contributed by atoms with Crippen LogP contribution >= 0.6 is 0 Å².